The third-order valence-corrected chi connectivity index (χ3v) is 3.25. The smallest absolute Gasteiger partial charge is 0.177 e. The monoisotopic (exact) mass is 238 g/mol. The van der Waals surface area contributed by atoms with E-state index >= 15 is 0 Å². The Balaban J connectivity index is 0.000000187. The molecule has 1 saturated carbocycles. The van der Waals surface area contributed by atoms with E-state index in [0.29, 0.717) is 6.42 Å². The Hall–Kier alpha value is -0.883. The zero-order valence-corrected chi connectivity index (χ0v) is 11.1. The second kappa shape index (κ2) is 4.18. The van der Waals surface area contributed by atoms with Crippen LogP contribution in [0.3, 0.4) is 0 Å². The van der Waals surface area contributed by atoms with Crippen LogP contribution in [-0.2, 0) is 4.74 Å². The quantitative estimate of drug-likeness (QED) is 0.513. The summed E-state index contributed by atoms with van der Waals surface area (Å²) < 4.78 is 5.29. The second-order valence-electron chi connectivity index (χ2n) is 5.65. The maximum Gasteiger partial charge on any atom is 0.177 e. The molecule has 0 aromatic rings. The summed E-state index contributed by atoms with van der Waals surface area (Å²) in [5.41, 5.74) is 0.966. The van der Waals surface area contributed by atoms with Crippen LogP contribution in [0.1, 0.15) is 19.3 Å². The van der Waals surface area contributed by atoms with Crippen LogP contribution in [0.15, 0.2) is 0 Å². The molecule has 0 amide bonds. The van der Waals surface area contributed by atoms with Crippen LogP contribution in [0.5, 0.6) is 0 Å². The van der Waals surface area contributed by atoms with Gasteiger partial charge in [0, 0.05) is 12.1 Å². The maximum atomic E-state index is 9.39. The van der Waals surface area contributed by atoms with E-state index in [4.69, 9.17) is 15.3 Å². The lowest BCUT2D eigenvalue weighted by atomic mass is 10.0. The third-order valence-electron chi connectivity index (χ3n) is 2.58. The van der Waals surface area contributed by atoms with Crippen molar-refractivity contribution in [2.45, 2.75) is 50.1 Å². The minimum atomic E-state index is -1.33. The molecule has 1 unspecified atom stereocenters. The Bertz CT molecular complexity index is 346. The summed E-state index contributed by atoms with van der Waals surface area (Å²) >= 11 is 0. The van der Waals surface area contributed by atoms with Crippen molar-refractivity contribution in [3.05, 3.63) is 0 Å². The van der Waals surface area contributed by atoms with Gasteiger partial charge in [0.05, 0.1) is 18.3 Å². The van der Waals surface area contributed by atoms with Gasteiger partial charge in [0.2, 0.25) is 0 Å². The van der Waals surface area contributed by atoms with Crippen LogP contribution < -0.4 is 0 Å². The summed E-state index contributed by atoms with van der Waals surface area (Å²) in [7, 11) is -1.33. The van der Waals surface area contributed by atoms with E-state index in [-0.39, 0.29) is 12.2 Å². The first kappa shape index (κ1) is 13.2. The molecular weight excluding hydrogens is 220 g/mol. The summed E-state index contributed by atoms with van der Waals surface area (Å²) in [4.78, 5) is 0. The van der Waals surface area contributed by atoms with Crippen molar-refractivity contribution in [3.8, 4) is 11.8 Å². The van der Waals surface area contributed by atoms with Crippen molar-refractivity contribution in [2.24, 2.45) is 0 Å². The standard InChI is InChI=1S/C7H9NO2.C4H9NSi/c8-4-6(9)3-7(1-2-7)10-5-6;1-6(2,3)4-5/h9H,1-3,5H2;1-3H3. The van der Waals surface area contributed by atoms with Crippen molar-refractivity contribution in [2.75, 3.05) is 6.61 Å². The summed E-state index contributed by atoms with van der Waals surface area (Å²) in [6.07, 6.45) is 2.53. The summed E-state index contributed by atoms with van der Waals surface area (Å²) in [6, 6.07) is 1.87. The van der Waals surface area contributed by atoms with Crippen LogP contribution in [-0.4, -0.2) is 31.0 Å². The van der Waals surface area contributed by atoms with Crippen LogP contribution in [0.2, 0.25) is 19.6 Å². The predicted molar refractivity (Wildman–Crippen MR) is 62.1 cm³/mol. The predicted octanol–water partition coefficient (Wildman–Crippen LogP) is 1.58. The fraction of sp³-hybridized carbons (Fsp3) is 0.818. The highest BCUT2D eigenvalue weighted by atomic mass is 28.3. The Labute approximate surface area is 97.5 Å². The molecule has 1 aliphatic heterocycles. The van der Waals surface area contributed by atoms with Crippen molar-refractivity contribution in [1.82, 2.24) is 0 Å². The molecule has 1 aliphatic carbocycles. The van der Waals surface area contributed by atoms with E-state index in [1.807, 2.05) is 25.7 Å². The minimum absolute atomic E-state index is 0.0928. The van der Waals surface area contributed by atoms with Crippen LogP contribution in [0.25, 0.3) is 0 Å². The van der Waals surface area contributed by atoms with Crippen molar-refractivity contribution in [3.63, 3.8) is 0 Å². The van der Waals surface area contributed by atoms with Gasteiger partial charge >= 0.3 is 0 Å². The molecule has 2 fully saturated rings. The molecule has 1 atom stereocenters. The van der Waals surface area contributed by atoms with Gasteiger partial charge in [-0.1, -0.05) is 19.6 Å². The van der Waals surface area contributed by atoms with Gasteiger partial charge in [-0.3, -0.25) is 0 Å². The molecule has 0 radical (unpaired) electrons. The normalized spacial score (nSPS) is 29.9. The van der Waals surface area contributed by atoms with Crippen molar-refractivity contribution < 1.29 is 9.84 Å². The molecule has 0 aromatic carbocycles. The molecule has 1 spiro atoms. The molecule has 16 heavy (non-hydrogen) atoms. The van der Waals surface area contributed by atoms with Gasteiger partial charge in [0.15, 0.2) is 13.7 Å². The van der Waals surface area contributed by atoms with Gasteiger partial charge in [0.1, 0.15) is 0 Å². The van der Waals surface area contributed by atoms with Gasteiger partial charge in [-0.05, 0) is 12.8 Å². The highest BCUT2D eigenvalue weighted by molar-refractivity contribution is 6.83. The zero-order valence-electron chi connectivity index (χ0n) is 10.1. The first-order valence-electron chi connectivity index (χ1n) is 5.43. The van der Waals surface area contributed by atoms with Gasteiger partial charge in [-0.15, -0.1) is 0 Å². The van der Waals surface area contributed by atoms with E-state index in [0.717, 1.165) is 12.8 Å². The lowest BCUT2D eigenvalue weighted by molar-refractivity contribution is 0.0525. The Morgan fingerprint density at radius 2 is 1.75 bits per heavy atom. The summed E-state index contributed by atoms with van der Waals surface area (Å²) in [6.45, 7) is 6.26. The van der Waals surface area contributed by atoms with E-state index in [1.165, 1.54) is 0 Å². The number of nitriles is 2. The summed E-state index contributed by atoms with van der Waals surface area (Å²) in [5, 5.41) is 26.1. The molecule has 0 bridgehead atoms. The molecule has 2 aliphatic rings. The van der Waals surface area contributed by atoms with E-state index in [1.54, 1.807) is 0 Å². The van der Waals surface area contributed by atoms with Gasteiger partial charge in [0.25, 0.3) is 0 Å². The molecule has 4 nitrogen and oxygen atoms in total. The number of hydrogen-bond acceptors (Lipinski definition) is 4. The summed E-state index contributed by atoms with van der Waals surface area (Å²) in [5.74, 6) is 0. The maximum absolute atomic E-state index is 9.39. The van der Waals surface area contributed by atoms with E-state index in [2.05, 4.69) is 5.69 Å². The first-order chi connectivity index (χ1) is 7.24. The van der Waals surface area contributed by atoms with Crippen LogP contribution >= 0.6 is 0 Å². The van der Waals surface area contributed by atoms with Crippen LogP contribution in [0, 0.1) is 22.3 Å². The first-order valence-corrected chi connectivity index (χ1v) is 8.93. The number of aliphatic hydroxyl groups is 1. The lowest BCUT2D eigenvalue weighted by Gasteiger charge is -2.07. The van der Waals surface area contributed by atoms with E-state index in [9.17, 15) is 5.11 Å². The molecular formula is C11H18N2O2Si. The molecule has 0 aromatic heterocycles. The van der Waals surface area contributed by atoms with Gasteiger partial charge in [-0.25, -0.2) is 5.26 Å². The number of ether oxygens (including phenoxy) is 1. The molecule has 2 rings (SSSR count). The Morgan fingerprint density at radius 1 is 1.25 bits per heavy atom. The van der Waals surface area contributed by atoms with Crippen LogP contribution in [0.4, 0.5) is 0 Å². The second-order valence-corrected chi connectivity index (χ2v) is 10.4. The largest absolute Gasteiger partial charge is 0.373 e. The number of rotatable bonds is 0. The highest BCUT2D eigenvalue weighted by Crippen LogP contribution is 2.50. The fourth-order valence-electron chi connectivity index (χ4n) is 1.44. The molecule has 5 heteroatoms. The zero-order chi connectivity index (χ0) is 12.4. The number of hydrogen-bond donors (Lipinski definition) is 1. The SMILES string of the molecule is C[Si](C)(C)C#N.N#CC1(O)COC2(CC2)C1. The van der Waals surface area contributed by atoms with Gasteiger partial charge in [-0.2, -0.15) is 5.26 Å². The highest BCUT2D eigenvalue weighted by Gasteiger charge is 2.56. The van der Waals surface area contributed by atoms with Crippen molar-refractivity contribution >= 4 is 8.07 Å². The van der Waals surface area contributed by atoms with E-state index < -0.39 is 13.7 Å². The topological polar surface area (TPSA) is 77.0 Å². The average Bonchev–Trinajstić information content (AvgIpc) is 2.86. The van der Waals surface area contributed by atoms with Gasteiger partial charge < -0.3 is 9.84 Å². The lowest BCUT2D eigenvalue weighted by Crippen LogP contribution is -2.26. The Kier molecular flexibility index (Phi) is 3.44. The fourth-order valence-corrected chi connectivity index (χ4v) is 1.44. The molecule has 1 N–H and O–H groups in total. The molecule has 1 heterocycles. The third kappa shape index (κ3) is 3.60. The number of nitrogens with zero attached hydrogens (tertiary/aromatic N) is 2. The minimum Gasteiger partial charge on any atom is -0.373 e. The molecule has 1 saturated heterocycles. The average molecular weight is 238 g/mol. The van der Waals surface area contributed by atoms with Crippen molar-refractivity contribution in [1.29, 1.82) is 10.5 Å². The Morgan fingerprint density at radius 3 is 1.94 bits per heavy atom. The molecule has 88 valence electrons.